The Kier molecular flexibility index (Phi) is 5.82. The first-order chi connectivity index (χ1) is 18.1. The van der Waals surface area contributed by atoms with Gasteiger partial charge in [0.1, 0.15) is 10.6 Å². The van der Waals surface area contributed by atoms with Crippen LogP contribution in [0.2, 0.25) is 0 Å². The fraction of sp³-hybridized carbons (Fsp3) is 0.0667. The first-order valence-electron chi connectivity index (χ1n) is 11.8. The molecule has 0 aliphatic heterocycles. The van der Waals surface area contributed by atoms with Gasteiger partial charge in [-0.2, -0.15) is 0 Å². The number of hydrogen-bond donors (Lipinski definition) is 0. The molecule has 180 valence electrons. The minimum atomic E-state index is -0.131. The van der Waals surface area contributed by atoms with Gasteiger partial charge in [0.05, 0.1) is 34.3 Å². The van der Waals surface area contributed by atoms with Gasteiger partial charge in [-0.1, -0.05) is 71.5 Å². The smallest absolute Gasteiger partial charge is 0.266 e. The summed E-state index contributed by atoms with van der Waals surface area (Å²) in [5, 5.41) is 1.12. The van der Waals surface area contributed by atoms with Crippen LogP contribution < -0.4 is 5.56 Å². The molecule has 6 nitrogen and oxygen atoms in total. The Morgan fingerprint density at radius 2 is 1.65 bits per heavy atom. The lowest BCUT2D eigenvalue weighted by Gasteiger charge is -2.14. The summed E-state index contributed by atoms with van der Waals surface area (Å²) >= 11 is 1.40. The fourth-order valence-electron chi connectivity index (χ4n) is 4.20. The number of hydrogen-bond acceptors (Lipinski definition) is 6. The Balaban J connectivity index is 1.65. The van der Waals surface area contributed by atoms with E-state index in [1.54, 1.807) is 10.8 Å². The van der Waals surface area contributed by atoms with Gasteiger partial charge >= 0.3 is 0 Å². The molecule has 0 saturated heterocycles. The van der Waals surface area contributed by atoms with Gasteiger partial charge in [0.2, 0.25) is 5.13 Å². The number of aromatic nitrogens is 3. The van der Waals surface area contributed by atoms with E-state index in [0.29, 0.717) is 33.3 Å². The third-order valence-electron chi connectivity index (χ3n) is 6.08. The van der Waals surface area contributed by atoms with Crippen LogP contribution >= 0.6 is 11.3 Å². The van der Waals surface area contributed by atoms with Crippen molar-refractivity contribution in [3.05, 3.63) is 119 Å². The Hall–Kier alpha value is -4.62. The summed E-state index contributed by atoms with van der Waals surface area (Å²) in [7, 11) is 0. The highest BCUT2D eigenvalue weighted by Gasteiger charge is 2.22. The molecule has 7 heteroatoms. The summed E-state index contributed by atoms with van der Waals surface area (Å²) in [6, 6.07) is 28.9. The van der Waals surface area contributed by atoms with Crippen molar-refractivity contribution >= 4 is 33.1 Å². The number of benzene rings is 3. The van der Waals surface area contributed by atoms with E-state index in [2.05, 4.69) is 0 Å². The zero-order chi connectivity index (χ0) is 25.4. The van der Waals surface area contributed by atoms with Crippen LogP contribution in [-0.4, -0.2) is 20.2 Å². The number of fused-ring (bicyclic) bond motifs is 1. The third-order valence-corrected chi connectivity index (χ3v) is 7.02. The molecule has 0 fully saturated rings. The van der Waals surface area contributed by atoms with Crippen LogP contribution in [0.25, 0.3) is 38.5 Å². The fourth-order valence-corrected chi connectivity index (χ4v) is 5.19. The van der Waals surface area contributed by atoms with Gasteiger partial charge in [-0.25, -0.2) is 15.0 Å². The molecule has 0 unspecified atom stereocenters. The number of furan rings is 1. The van der Waals surface area contributed by atoms with Crippen LogP contribution in [0.15, 0.2) is 111 Å². The third kappa shape index (κ3) is 4.30. The normalized spacial score (nSPS) is 11.8. The summed E-state index contributed by atoms with van der Waals surface area (Å²) in [6.07, 6.45) is 1.62. The molecule has 0 amide bonds. The highest BCUT2D eigenvalue weighted by atomic mass is 32.1. The van der Waals surface area contributed by atoms with E-state index in [9.17, 15) is 4.79 Å². The van der Waals surface area contributed by atoms with Gasteiger partial charge < -0.3 is 4.42 Å². The van der Waals surface area contributed by atoms with Crippen molar-refractivity contribution in [2.45, 2.75) is 13.8 Å². The Morgan fingerprint density at radius 1 is 0.892 bits per heavy atom. The molecular formula is C30H22N4O2S. The zero-order valence-corrected chi connectivity index (χ0v) is 21.1. The van der Waals surface area contributed by atoms with Crippen LogP contribution in [0.5, 0.6) is 0 Å². The van der Waals surface area contributed by atoms with E-state index < -0.39 is 0 Å². The van der Waals surface area contributed by atoms with Crippen LogP contribution in [0.3, 0.4) is 0 Å². The summed E-state index contributed by atoms with van der Waals surface area (Å²) in [5.41, 5.74) is 4.72. The van der Waals surface area contributed by atoms with Crippen LogP contribution in [-0.2, 0) is 0 Å². The van der Waals surface area contributed by atoms with Crippen molar-refractivity contribution in [1.29, 1.82) is 0 Å². The molecule has 0 radical (unpaired) electrons. The van der Waals surface area contributed by atoms with E-state index in [4.69, 9.17) is 19.4 Å². The minimum Gasteiger partial charge on any atom is -0.463 e. The maximum absolute atomic E-state index is 13.9. The molecule has 6 rings (SSSR count). The van der Waals surface area contributed by atoms with Crippen molar-refractivity contribution in [3.8, 4) is 27.6 Å². The molecule has 0 N–H and O–H groups in total. The van der Waals surface area contributed by atoms with Gasteiger partial charge in [0, 0.05) is 5.56 Å². The number of rotatable bonds is 5. The second-order valence-electron chi connectivity index (χ2n) is 8.64. The molecular weight excluding hydrogens is 480 g/mol. The zero-order valence-electron chi connectivity index (χ0n) is 20.3. The molecule has 3 aromatic carbocycles. The summed E-state index contributed by atoms with van der Waals surface area (Å²) in [6.45, 7) is 3.91. The van der Waals surface area contributed by atoms with E-state index in [1.807, 2.05) is 105 Å². The standard InChI is InChI=1S/C30H22N4O2S/c1-19-14-16-22(17-15-19)34-28(32-24-12-7-6-11-23(24)29(34)35)27-26(21-9-4-3-5-10-21)33-30(37-27)31-20(2)25-13-8-18-36-25/h3-18H,1-2H3. The Labute approximate surface area is 217 Å². The highest BCUT2D eigenvalue weighted by molar-refractivity contribution is 7.19. The predicted molar refractivity (Wildman–Crippen MR) is 149 cm³/mol. The van der Waals surface area contributed by atoms with E-state index in [0.717, 1.165) is 27.4 Å². The molecule has 37 heavy (non-hydrogen) atoms. The first-order valence-corrected chi connectivity index (χ1v) is 12.6. The van der Waals surface area contributed by atoms with Crippen molar-refractivity contribution in [2.24, 2.45) is 4.99 Å². The number of para-hydroxylation sites is 1. The summed E-state index contributed by atoms with van der Waals surface area (Å²) < 4.78 is 7.19. The summed E-state index contributed by atoms with van der Waals surface area (Å²) in [4.78, 5) is 29.3. The SMILES string of the molecule is CC(=Nc1nc(-c2ccccc2)c(-c2nc3ccccc3c(=O)n2-c2ccc(C)cc2)s1)c1ccco1. The first kappa shape index (κ1) is 22.8. The Morgan fingerprint density at radius 3 is 2.41 bits per heavy atom. The van der Waals surface area contributed by atoms with Gasteiger partial charge in [-0.3, -0.25) is 9.36 Å². The lowest BCUT2D eigenvalue weighted by atomic mass is 10.1. The van der Waals surface area contributed by atoms with Crippen molar-refractivity contribution in [1.82, 2.24) is 14.5 Å². The predicted octanol–water partition coefficient (Wildman–Crippen LogP) is 7.22. The lowest BCUT2D eigenvalue weighted by molar-refractivity contribution is 0.557. The maximum atomic E-state index is 13.9. The largest absolute Gasteiger partial charge is 0.463 e. The number of nitrogens with zero attached hydrogens (tertiary/aromatic N) is 4. The molecule has 3 aromatic heterocycles. The van der Waals surface area contributed by atoms with Gasteiger partial charge in [-0.05, 0) is 50.2 Å². The second-order valence-corrected chi connectivity index (χ2v) is 9.62. The molecule has 0 aliphatic carbocycles. The Bertz CT molecular complexity index is 1800. The van der Waals surface area contributed by atoms with Gasteiger partial charge in [-0.15, -0.1) is 0 Å². The highest BCUT2D eigenvalue weighted by Crippen LogP contribution is 2.40. The molecule has 0 atom stereocenters. The quantitative estimate of drug-likeness (QED) is 0.233. The monoisotopic (exact) mass is 502 g/mol. The molecule has 6 aromatic rings. The number of aliphatic imine (C=N–C) groups is 1. The molecule has 0 spiro atoms. The van der Waals surface area contributed by atoms with Crippen molar-refractivity contribution < 1.29 is 4.42 Å². The van der Waals surface area contributed by atoms with Crippen LogP contribution in [0, 0.1) is 6.92 Å². The average Bonchev–Trinajstić information content (AvgIpc) is 3.61. The maximum Gasteiger partial charge on any atom is 0.266 e. The van der Waals surface area contributed by atoms with Crippen molar-refractivity contribution in [2.75, 3.05) is 0 Å². The number of aryl methyl sites for hydroxylation is 1. The average molecular weight is 503 g/mol. The van der Waals surface area contributed by atoms with Crippen LogP contribution in [0.1, 0.15) is 18.2 Å². The number of thiazole rings is 1. The minimum absolute atomic E-state index is 0.131. The molecule has 3 heterocycles. The van der Waals surface area contributed by atoms with Gasteiger partial charge in [0.15, 0.2) is 5.82 Å². The van der Waals surface area contributed by atoms with E-state index in [-0.39, 0.29) is 5.56 Å². The molecule has 0 saturated carbocycles. The lowest BCUT2D eigenvalue weighted by Crippen LogP contribution is -2.21. The van der Waals surface area contributed by atoms with Gasteiger partial charge in [0.25, 0.3) is 5.56 Å². The van der Waals surface area contributed by atoms with Crippen molar-refractivity contribution in [3.63, 3.8) is 0 Å². The topological polar surface area (TPSA) is 73.3 Å². The molecule has 0 aliphatic rings. The second kappa shape index (κ2) is 9.44. The van der Waals surface area contributed by atoms with E-state index in [1.165, 1.54) is 11.3 Å². The van der Waals surface area contributed by atoms with Crippen LogP contribution in [0.4, 0.5) is 5.13 Å². The summed E-state index contributed by atoms with van der Waals surface area (Å²) in [5.74, 6) is 1.21. The molecule has 0 bridgehead atoms. The van der Waals surface area contributed by atoms with E-state index >= 15 is 0 Å².